The standard InChI is InChI=1S/C22H31FN4O2S/c1-5-24-22(25-13-18-10-11-21(23)17(4)12-18)26-14-19-8-6-7-9-20(19)15-30(28,29)27-16(2)3/h6-12,16,27H,5,13-15H2,1-4H3,(H2,24,25,26). The fourth-order valence-corrected chi connectivity index (χ4v) is 4.47. The van der Waals surface area contributed by atoms with Crippen molar-refractivity contribution in [2.24, 2.45) is 4.99 Å². The minimum atomic E-state index is -3.41. The van der Waals surface area contributed by atoms with E-state index in [1.54, 1.807) is 32.9 Å². The van der Waals surface area contributed by atoms with Crippen LogP contribution in [0.25, 0.3) is 0 Å². The molecule has 0 aliphatic rings. The Morgan fingerprint density at radius 1 is 1.10 bits per heavy atom. The fourth-order valence-electron chi connectivity index (χ4n) is 2.97. The number of hydrogen-bond donors (Lipinski definition) is 3. The van der Waals surface area contributed by atoms with E-state index in [0.29, 0.717) is 31.2 Å². The first-order valence-electron chi connectivity index (χ1n) is 10.0. The highest BCUT2D eigenvalue weighted by Crippen LogP contribution is 2.13. The minimum absolute atomic E-state index is 0.0778. The molecule has 6 nitrogen and oxygen atoms in total. The average Bonchev–Trinajstić information content (AvgIpc) is 2.66. The molecular formula is C22H31FN4O2S. The van der Waals surface area contributed by atoms with Gasteiger partial charge >= 0.3 is 0 Å². The first kappa shape index (κ1) is 23.8. The molecule has 0 aromatic heterocycles. The van der Waals surface area contributed by atoms with Gasteiger partial charge in [0.25, 0.3) is 0 Å². The van der Waals surface area contributed by atoms with Crippen LogP contribution in [0.2, 0.25) is 0 Å². The Hall–Kier alpha value is -2.45. The monoisotopic (exact) mass is 434 g/mol. The van der Waals surface area contributed by atoms with Gasteiger partial charge in [0.1, 0.15) is 5.82 Å². The van der Waals surface area contributed by atoms with Gasteiger partial charge in [-0.25, -0.2) is 22.5 Å². The number of hydrogen-bond acceptors (Lipinski definition) is 3. The molecule has 0 amide bonds. The number of rotatable bonds is 9. The number of aryl methyl sites for hydroxylation is 1. The molecule has 0 heterocycles. The smallest absolute Gasteiger partial charge is 0.216 e. The van der Waals surface area contributed by atoms with E-state index in [1.807, 2.05) is 31.2 Å². The van der Waals surface area contributed by atoms with E-state index in [9.17, 15) is 12.8 Å². The van der Waals surface area contributed by atoms with E-state index in [1.165, 1.54) is 6.07 Å². The number of aliphatic imine (C=N–C) groups is 1. The van der Waals surface area contributed by atoms with Crippen molar-refractivity contribution in [1.29, 1.82) is 0 Å². The summed E-state index contributed by atoms with van der Waals surface area (Å²) in [4.78, 5) is 4.55. The average molecular weight is 435 g/mol. The molecule has 0 aliphatic carbocycles. The van der Waals surface area contributed by atoms with Gasteiger partial charge in [-0.15, -0.1) is 0 Å². The molecule has 0 bridgehead atoms. The highest BCUT2D eigenvalue weighted by Gasteiger charge is 2.15. The van der Waals surface area contributed by atoms with Crippen molar-refractivity contribution in [2.75, 3.05) is 6.54 Å². The molecule has 2 rings (SSSR count). The third-order valence-corrected chi connectivity index (χ3v) is 5.83. The SMILES string of the molecule is CCNC(=NCc1ccc(F)c(C)c1)NCc1ccccc1CS(=O)(=O)NC(C)C. The number of halogens is 1. The van der Waals surface area contributed by atoms with Gasteiger partial charge in [0, 0.05) is 19.1 Å². The largest absolute Gasteiger partial charge is 0.357 e. The Morgan fingerprint density at radius 3 is 2.43 bits per heavy atom. The molecule has 0 aliphatic heterocycles. The van der Waals surface area contributed by atoms with E-state index in [4.69, 9.17) is 0 Å². The van der Waals surface area contributed by atoms with Crippen LogP contribution in [0.5, 0.6) is 0 Å². The second-order valence-electron chi connectivity index (χ2n) is 7.43. The highest BCUT2D eigenvalue weighted by atomic mass is 32.2. The first-order chi connectivity index (χ1) is 14.2. The van der Waals surface area contributed by atoms with Gasteiger partial charge in [0.05, 0.1) is 12.3 Å². The van der Waals surface area contributed by atoms with Crippen molar-refractivity contribution < 1.29 is 12.8 Å². The van der Waals surface area contributed by atoms with Crippen LogP contribution in [-0.4, -0.2) is 27.0 Å². The zero-order chi connectivity index (χ0) is 22.1. The van der Waals surface area contributed by atoms with Gasteiger partial charge in [-0.1, -0.05) is 36.4 Å². The zero-order valence-corrected chi connectivity index (χ0v) is 18.8. The summed E-state index contributed by atoms with van der Waals surface area (Å²) in [6.07, 6.45) is 0. The molecule has 0 radical (unpaired) electrons. The van der Waals surface area contributed by atoms with E-state index in [0.717, 1.165) is 16.7 Å². The van der Waals surface area contributed by atoms with Crippen LogP contribution >= 0.6 is 0 Å². The minimum Gasteiger partial charge on any atom is -0.357 e. The van der Waals surface area contributed by atoms with E-state index < -0.39 is 10.0 Å². The second kappa shape index (κ2) is 11.1. The van der Waals surface area contributed by atoms with Crippen molar-refractivity contribution >= 4 is 16.0 Å². The molecule has 0 saturated carbocycles. The number of nitrogens with one attached hydrogen (secondary N) is 3. The summed E-state index contributed by atoms with van der Waals surface area (Å²) in [5.41, 5.74) is 3.13. The van der Waals surface area contributed by atoms with Gasteiger partial charge in [-0.2, -0.15) is 0 Å². The Kier molecular flexibility index (Phi) is 8.80. The third-order valence-electron chi connectivity index (χ3n) is 4.31. The topological polar surface area (TPSA) is 82.6 Å². The maximum atomic E-state index is 13.4. The first-order valence-corrected chi connectivity index (χ1v) is 11.7. The van der Waals surface area contributed by atoms with Crippen molar-refractivity contribution in [3.05, 3.63) is 70.5 Å². The van der Waals surface area contributed by atoms with Crippen molar-refractivity contribution in [2.45, 2.75) is 52.6 Å². The van der Waals surface area contributed by atoms with E-state index >= 15 is 0 Å². The van der Waals surface area contributed by atoms with Crippen LogP contribution in [0.15, 0.2) is 47.5 Å². The van der Waals surface area contributed by atoms with Crippen molar-refractivity contribution in [1.82, 2.24) is 15.4 Å². The summed E-state index contributed by atoms with van der Waals surface area (Å²) in [7, 11) is -3.41. The number of sulfonamides is 1. The highest BCUT2D eigenvalue weighted by molar-refractivity contribution is 7.88. The number of guanidine groups is 1. The normalized spacial score (nSPS) is 12.3. The van der Waals surface area contributed by atoms with Gasteiger partial charge in [-0.05, 0) is 56.0 Å². The van der Waals surface area contributed by atoms with Crippen molar-refractivity contribution in [3.63, 3.8) is 0 Å². The second-order valence-corrected chi connectivity index (χ2v) is 9.19. The van der Waals surface area contributed by atoms with Gasteiger partial charge in [0.15, 0.2) is 5.96 Å². The fraction of sp³-hybridized carbons (Fsp3) is 0.409. The third kappa shape index (κ3) is 7.76. The van der Waals surface area contributed by atoms with Gasteiger partial charge in [-0.3, -0.25) is 0 Å². The lowest BCUT2D eigenvalue weighted by Crippen LogP contribution is -2.37. The Labute approximate surface area is 179 Å². The predicted molar refractivity (Wildman–Crippen MR) is 120 cm³/mol. The molecule has 0 saturated heterocycles. The van der Waals surface area contributed by atoms with Crippen LogP contribution in [0, 0.1) is 12.7 Å². The summed E-state index contributed by atoms with van der Waals surface area (Å²) in [5.74, 6) is 0.301. The number of nitrogens with zero attached hydrogens (tertiary/aromatic N) is 1. The van der Waals surface area contributed by atoms with E-state index in [-0.39, 0.29) is 17.6 Å². The van der Waals surface area contributed by atoms with E-state index in [2.05, 4.69) is 20.3 Å². The Balaban J connectivity index is 2.09. The molecule has 2 aromatic rings. The van der Waals surface area contributed by atoms with Crippen LogP contribution in [-0.2, 0) is 28.9 Å². The molecule has 0 atom stereocenters. The summed E-state index contributed by atoms with van der Waals surface area (Å²) in [6, 6.07) is 12.2. The molecular weight excluding hydrogens is 403 g/mol. The molecule has 30 heavy (non-hydrogen) atoms. The molecule has 2 aromatic carbocycles. The quantitative estimate of drug-likeness (QED) is 0.418. The maximum Gasteiger partial charge on any atom is 0.216 e. The lowest BCUT2D eigenvalue weighted by molar-refractivity contribution is 0.568. The molecule has 8 heteroatoms. The molecule has 0 fully saturated rings. The Bertz CT molecular complexity index is 975. The van der Waals surface area contributed by atoms with Crippen LogP contribution in [0.4, 0.5) is 4.39 Å². The van der Waals surface area contributed by atoms with Crippen LogP contribution < -0.4 is 15.4 Å². The van der Waals surface area contributed by atoms with Crippen LogP contribution in [0.1, 0.15) is 43.0 Å². The molecule has 0 unspecified atom stereocenters. The van der Waals surface area contributed by atoms with Gasteiger partial charge in [0.2, 0.25) is 10.0 Å². The molecule has 0 spiro atoms. The lowest BCUT2D eigenvalue weighted by atomic mass is 10.1. The van der Waals surface area contributed by atoms with Crippen molar-refractivity contribution in [3.8, 4) is 0 Å². The Morgan fingerprint density at radius 2 is 1.80 bits per heavy atom. The maximum absolute atomic E-state index is 13.4. The lowest BCUT2D eigenvalue weighted by Gasteiger charge is -2.15. The number of benzene rings is 2. The summed E-state index contributed by atoms with van der Waals surface area (Å²) < 4.78 is 40.7. The molecule has 3 N–H and O–H groups in total. The predicted octanol–water partition coefficient (Wildman–Crippen LogP) is 3.22. The summed E-state index contributed by atoms with van der Waals surface area (Å²) >= 11 is 0. The van der Waals surface area contributed by atoms with Crippen LogP contribution in [0.3, 0.4) is 0 Å². The summed E-state index contributed by atoms with van der Waals surface area (Å²) in [6.45, 7) is 8.82. The van der Waals surface area contributed by atoms with Gasteiger partial charge < -0.3 is 10.6 Å². The molecule has 164 valence electrons. The zero-order valence-electron chi connectivity index (χ0n) is 18.0. The summed E-state index contributed by atoms with van der Waals surface area (Å²) in [5, 5.41) is 6.43.